The molecule has 0 aliphatic rings. The molecule has 0 unspecified atom stereocenters. The second-order valence-corrected chi connectivity index (χ2v) is 14.6. The van der Waals surface area contributed by atoms with E-state index in [-0.39, 0.29) is 12.4 Å². The molecule has 0 aromatic carbocycles. The van der Waals surface area contributed by atoms with E-state index in [0.717, 1.165) is 12.5 Å². The van der Waals surface area contributed by atoms with Crippen LogP contribution in [0.5, 0.6) is 0 Å². The standard InChI is InChI=1S/C32H70NO3Si.ClH/c1-7-11-12-13-14-15-16-17-18-19-20-21-22-23-24-27-30-33(5,6)31-28-25-26-29-32-37(34-8-2,35-9-3)36-10-4;/h7-32H2,1-6H3;1H/q+1;/p-1. The van der Waals surface area contributed by atoms with Gasteiger partial charge in [-0.15, -0.1) is 0 Å². The van der Waals surface area contributed by atoms with Crippen LogP contribution in [0.4, 0.5) is 0 Å². The van der Waals surface area contributed by atoms with Crippen LogP contribution >= 0.6 is 0 Å². The molecule has 0 atom stereocenters. The van der Waals surface area contributed by atoms with Crippen molar-refractivity contribution in [2.24, 2.45) is 0 Å². The van der Waals surface area contributed by atoms with Crippen LogP contribution in [0, 0.1) is 0 Å². The van der Waals surface area contributed by atoms with E-state index in [2.05, 4.69) is 21.0 Å². The van der Waals surface area contributed by atoms with Crippen LogP contribution in [-0.4, -0.2) is 60.3 Å². The first-order chi connectivity index (χ1) is 17.9. The Labute approximate surface area is 247 Å². The van der Waals surface area contributed by atoms with E-state index >= 15 is 0 Å². The van der Waals surface area contributed by atoms with Gasteiger partial charge in [-0.2, -0.15) is 0 Å². The fraction of sp³-hybridized carbons (Fsp3) is 1.00. The van der Waals surface area contributed by atoms with E-state index in [4.69, 9.17) is 13.3 Å². The van der Waals surface area contributed by atoms with Gasteiger partial charge in [-0.05, 0) is 52.9 Å². The van der Waals surface area contributed by atoms with Gasteiger partial charge in [-0.3, -0.25) is 0 Å². The maximum absolute atomic E-state index is 5.98. The quantitative estimate of drug-likeness (QED) is 0.0524. The van der Waals surface area contributed by atoms with Gasteiger partial charge in [-0.1, -0.05) is 103 Å². The zero-order valence-corrected chi connectivity index (χ0v) is 28.7. The Bertz CT molecular complexity index is 451. The summed E-state index contributed by atoms with van der Waals surface area (Å²) in [6.07, 6.45) is 28.1. The number of unbranched alkanes of at least 4 members (excludes halogenated alkanes) is 18. The van der Waals surface area contributed by atoms with Crippen LogP contribution in [0.1, 0.15) is 156 Å². The van der Waals surface area contributed by atoms with E-state index in [1.807, 2.05) is 20.8 Å². The molecule has 0 aromatic rings. The smallest absolute Gasteiger partial charge is 0.500 e. The van der Waals surface area contributed by atoms with Crippen molar-refractivity contribution >= 4 is 8.80 Å². The molecular formula is C32H70ClNO3Si. The van der Waals surface area contributed by atoms with Gasteiger partial charge >= 0.3 is 8.80 Å². The minimum atomic E-state index is -2.45. The maximum Gasteiger partial charge on any atom is 0.500 e. The number of hydrogen-bond donors (Lipinski definition) is 0. The lowest BCUT2D eigenvalue weighted by Crippen LogP contribution is -3.00. The molecule has 38 heavy (non-hydrogen) atoms. The normalized spacial score (nSPS) is 12.2. The Morgan fingerprint density at radius 3 is 1.03 bits per heavy atom. The molecule has 0 saturated carbocycles. The van der Waals surface area contributed by atoms with E-state index in [9.17, 15) is 0 Å². The van der Waals surface area contributed by atoms with E-state index < -0.39 is 8.80 Å². The number of quaternary nitrogens is 1. The third-order valence-corrected chi connectivity index (χ3v) is 10.9. The highest BCUT2D eigenvalue weighted by Gasteiger charge is 2.39. The van der Waals surface area contributed by atoms with Crippen LogP contribution in [-0.2, 0) is 13.3 Å². The van der Waals surface area contributed by atoms with Gasteiger partial charge in [0.2, 0.25) is 0 Å². The Morgan fingerprint density at radius 2 is 0.711 bits per heavy atom. The molecular weight excluding hydrogens is 510 g/mol. The van der Waals surface area contributed by atoms with Crippen molar-refractivity contribution in [3.05, 3.63) is 0 Å². The summed E-state index contributed by atoms with van der Waals surface area (Å²) in [5, 5.41) is 0. The summed E-state index contributed by atoms with van der Waals surface area (Å²) in [5.74, 6) is 0. The molecule has 0 rings (SSSR count). The van der Waals surface area contributed by atoms with Gasteiger partial charge in [0.05, 0.1) is 27.2 Å². The minimum absolute atomic E-state index is 0. The summed E-state index contributed by atoms with van der Waals surface area (Å²) in [6, 6.07) is 0.958. The highest BCUT2D eigenvalue weighted by molar-refractivity contribution is 6.60. The van der Waals surface area contributed by atoms with Gasteiger partial charge in [0, 0.05) is 25.9 Å². The third kappa shape index (κ3) is 25.3. The van der Waals surface area contributed by atoms with Crippen molar-refractivity contribution in [1.29, 1.82) is 0 Å². The van der Waals surface area contributed by atoms with Crippen LogP contribution < -0.4 is 12.4 Å². The van der Waals surface area contributed by atoms with Crippen molar-refractivity contribution in [3.63, 3.8) is 0 Å². The van der Waals surface area contributed by atoms with Crippen molar-refractivity contribution in [3.8, 4) is 0 Å². The molecule has 0 amide bonds. The third-order valence-electron chi connectivity index (χ3n) is 7.71. The second kappa shape index (κ2) is 28.9. The lowest BCUT2D eigenvalue weighted by atomic mass is 10.0. The number of rotatable bonds is 30. The van der Waals surface area contributed by atoms with E-state index in [1.54, 1.807) is 0 Å². The van der Waals surface area contributed by atoms with Gasteiger partial charge in [0.25, 0.3) is 0 Å². The average molecular weight is 580 g/mol. The molecule has 0 aliphatic carbocycles. The minimum Gasteiger partial charge on any atom is -1.00 e. The number of nitrogens with zero attached hydrogens (tertiary/aromatic N) is 1. The van der Waals surface area contributed by atoms with Gasteiger partial charge in [-0.25, -0.2) is 0 Å². The monoisotopic (exact) mass is 579 g/mol. The maximum atomic E-state index is 5.98. The molecule has 0 spiro atoms. The van der Waals surface area contributed by atoms with Gasteiger partial charge in [0.1, 0.15) is 0 Å². The number of halogens is 1. The highest BCUT2D eigenvalue weighted by atomic mass is 35.5. The molecule has 232 valence electrons. The van der Waals surface area contributed by atoms with Gasteiger partial charge in [0.15, 0.2) is 0 Å². The topological polar surface area (TPSA) is 27.7 Å². The molecule has 4 nitrogen and oxygen atoms in total. The van der Waals surface area contributed by atoms with Crippen LogP contribution in [0.15, 0.2) is 0 Å². The lowest BCUT2D eigenvalue weighted by molar-refractivity contribution is -0.890. The first-order valence-corrected chi connectivity index (χ1v) is 18.6. The molecule has 0 saturated heterocycles. The summed E-state index contributed by atoms with van der Waals surface area (Å²) in [7, 11) is 2.39. The predicted octanol–water partition coefficient (Wildman–Crippen LogP) is 6.94. The first kappa shape index (κ1) is 40.5. The van der Waals surface area contributed by atoms with Gasteiger partial charge < -0.3 is 30.2 Å². The molecule has 6 heteroatoms. The molecule has 0 radical (unpaired) electrons. The fourth-order valence-corrected chi connectivity index (χ4v) is 8.12. The lowest BCUT2D eigenvalue weighted by Gasteiger charge is -2.30. The van der Waals surface area contributed by atoms with Crippen molar-refractivity contribution in [1.82, 2.24) is 0 Å². The van der Waals surface area contributed by atoms with Crippen LogP contribution in [0.2, 0.25) is 6.04 Å². The fourth-order valence-electron chi connectivity index (χ4n) is 5.44. The summed E-state index contributed by atoms with van der Waals surface area (Å²) >= 11 is 0. The Hall–Kier alpha value is 0.347. The summed E-state index contributed by atoms with van der Waals surface area (Å²) in [4.78, 5) is 0. The predicted molar refractivity (Wildman–Crippen MR) is 165 cm³/mol. The number of hydrogen-bond acceptors (Lipinski definition) is 3. The molecule has 0 fully saturated rings. The highest BCUT2D eigenvalue weighted by Crippen LogP contribution is 2.21. The SMILES string of the molecule is CCCCCCCCCCCCCCCCCC[N+](C)(C)CCCCCC[Si](OCC)(OCC)OCC.[Cl-]. The Kier molecular flexibility index (Phi) is 30.7. The largest absolute Gasteiger partial charge is 1.00 e. The Balaban J connectivity index is 0. The van der Waals surface area contributed by atoms with E-state index in [1.165, 1.54) is 140 Å². The summed E-state index contributed by atoms with van der Waals surface area (Å²) < 4.78 is 19.1. The van der Waals surface area contributed by atoms with E-state index in [0.29, 0.717) is 19.8 Å². The summed E-state index contributed by atoms with van der Waals surface area (Å²) in [6.45, 7) is 13.1. The molecule has 0 aliphatic heterocycles. The van der Waals surface area contributed by atoms with Crippen LogP contribution in [0.25, 0.3) is 0 Å². The van der Waals surface area contributed by atoms with Crippen LogP contribution in [0.3, 0.4) is 0 Å². The zero-order valence-electron chi connectivity index (χ0n) is 26.9. The summed E-state index contributed by atoms with van der Waals surface area (Å²) in [5.41, 5.74) is 0. The molecule has 0 aromatic heterocycles. The molecule has 0 bridgehead atoms. The second-order valence-electron chi connectivity index (χ2n) is 11.8. The average Bonchev–Trinajstić information content (AvgIpc) is 2.86. The van der Waals surface area contributed by atoms with Crippen molar-refractivity contribution in [2.45, 2.75) is 162 Å². The Morgan fingerprint density at radius 1 is 0.421 bits per heavy atom. The molecule has 0 heterocycles. The van der Waals surface area contributed by atoms with Crippen molar-refractivity contribution in [2.75, 3.05) is 47.0 Å². The van der Waals surface area contributed by atoms with Crippen molar-refractivity contribution < 1.29 is 30.2 Å². The molecule has 0 N–H and O–H groups in total. The zero-order chi connectivity index (χ0) is 27.5. The first-order valence-electron chi connectivity index (χ1n) is 16.7.